The average Bonchev–Trinajstić information content (AvgIpc) is 2.90. The van der Waals surface area contributed by atoms with Crippen molar-refractivity contribution in [3.05, 3.63) is 51.2 Å². The highest BCUT2D eigenvalue weighted by Crippen LogP contribution is 2.19. The number of nitrogens with one attached hydrogen (secondary N) is 2. The topological polar surface area (TPSA) is 52.6 Å². The molecule has 1 unspecified atom stereocenters. The van der Waals surface area contributed by atoms with Crippen molar-refractivity contribution in [1.29, 1.82) is 0 Å². The second-order valence-electron chi connectivity index (χ2n) is 6.35. The van der Waals surface area contributed by atoms with Crippen LogP contribution >= 0.6 is 11.3 Å². The summed E-state index contributed by atoms with van der Waals surface area (Å²) in [5, 5.41) is 7.70. The molecule has 5 nitrogen and oxygen atoms in total. The van der Waals surface area contributed by atoms with Crippen molar-refractivity contribution >= 4 is 17.3 Å². The Bertz CT molecular complexity index is 741. The molecule has 0 aliphatic carbocycles. The summed E-state index contributed by atoms with van der Waals surface area (Å²) in [5.74, 6) is 0.534. The lowest BCUT2D eigenvalue weighted by Gasteiger charge is -2.26. The number of hydrogen-bond donors (Lipinski definition) is 2. The highest BCUT2D eigenvalue weighted by molar-refractivity contribution is 7.11. The van der Waals surface area contributed by atoms with Gasteiger partial charge in [0.25, 0.3) is 0 Å². The largest absolute Gasteiger partial charge is 0.357 e. The number of aryl methyl sites for hydroxylation is 2. The molecular weight excluding hydrogens is 349 g/mol. The van der Waals surface area contributed by atoms with Gasteiger partial charge in [-0.05, 0) is 52.6 Å². The van der Waals surface area contributed by atoms with Crippen molar-refractivity contribution < 1.29 is 4.39 Å². The molecule has 2 aromatic rings. The molecule has 0 fully saturated rings. The maximum atomic E-state index is 13.6. The van der Waals surface area contributed by atoms with E-state index in [1.54, 1.807) is 23.5 Å². The summed E-state index contributed by atoms with van der Waals surface area (Å²) in [6.45, 7) is 8.06. The number of aromatic nitrogens is 1. The molecule has 1 atom stereocenters. The number of guanidine groups is 1. The molecule has 7 heteroatoms. The standard InChI is InChI=1S/C19H28FN5S/c1-6-21-19(23-12-18-13(2)24-14(3)26-18)22-11-17(25(4)5)15-8-7-9-16(20)10-15/h7-10,17H,6,11-12H2,1-5H3,(H2,21,22,23). The van der Waals surface area contributed by atoms with Crippen LogP contribution in [0.1, 0.15) is 34.1 Å². The molecule has 0 spiro atoms. The van der Waals surface area contributed by atoms with E-state index in [0.717, 1.165) is 28.8 Å². The van der Waals surface area contributed by atoms with Gasteiger partial charge in [-0.15, -0.1) is 11.3 Å². The van der Waals surface area contributed by atoms with Gasteiger partial charge in [-0.2, -0.15) is 0 Å². The lowest BCUT2D eigenvalue weighted by atomic mass is 10.1. The van der Waals surface area contributed by atoms with Gasteiger partial charge >= 0.3 is 0 Å². The zero-order valence-electron chi connectivity index (χ0n) is 16.1. The fourth-order valence-corrected chi connectivity index (χ4v) is 3.58. The summed E-state index contributed by atoms with van der Waals surface area (Å²) in [4.78, 5) is 12.4. The average molecular weight is 378 g/mol. The second-order valence-corrected chi connectivity index (χ2v) is 7.64. The summed E-state index contributed by atoms with van der Waals surface area (Å²) >= 11 is 1.68. The molecule has 0 radical (unpaired) electrons. The predicted molar refractivity (Wildman–Crippen MR) is 107 cm³/mol. The number of halogens is 1. The van der Waals surface area contributed by atoms with Gasteiger partial charge in [0.15, 0.2) is 5.96 Å². The molecule has 1 aromatic heterocycles. The zero-order valence-corrected chi connectivity index (χ0v) is 17.0. The minimum Gasteiger partial charge on any atom is -0.357 e. The molecule has 26 heavy (non-hydrogen) atoms. The van der Waals surface area contributed by atoms with Crippen LogP contribution in [0, 0.1) is 19.7 Å². The number of rotatable bonds is 7. The Balaban J connectivity index is 2.07. The first-order chi connectivity index (χ1) is 12.4. The van der Waals surface area contributed by atoms with E-state index < -0.39 is 0 Å². The van der Waals surface area contributed by atoms with Crippen LogP contribution in [-0.2, 0) is 6.54 Å². The highest BCUT2D eigenvalue weighted by atomic mass is 32.1. The van der Waals surface area contributed by atoms with Crippen molar-refractivity contribution in [2.75, 3.05) is 27.2 Å². The van der Waals surface area contributed by atoms with Gasteiger partial charge in [-0.1, -0.05) is 12.1 Å². The first-order valence-electron chi connectivity index (χ1n) is 8.77. The number of hydrogen-bond acceptors (Lipinski definition) is 4. The Labute approximate surface area is 159 Å². The van der Waals surface area contributed by atoms with Gasteiger partial charge in [-0.3, -0.25) is 0 Å². The number of nitrogens with zero attached hydrogens (tertiary/aromatic N) is 3. The molecule has 0 amide bonds. The Hall–Kier alpha value is -1.99. The monoisotopic (exact) mass is 377 g/mol. The molecular formula is C19H28FN5S. The van der Waals surface area contributed by atoms with E-state index in [1.165, 1.54) is 10.9 Å². The van der Waals surface area contributed by atoms with E-state index in [-0.39, 0.29) is 11.9 Å². The first kappa shape index (κ1) is 20.3. The van der Waals surface area contributed by atoms with Crippen LogP contribution in [-0.4, -0.2) is 43.0 Å². The lowest BCUT2D eigenvalue weighted by Crippen LogP contribution is -2.41. The number of thiazole rings is 1. The molecule has 0 bridgehead atoms. The van der Waals surface area contributed by atoms with E-state index in [2.05, 4.69) is 25.5 Å². The maximum absolute atomic E-state index is 13.6. The number of benzene rings is 1. The zero-order chi connectivity index (χ0) is 19.1. The highest BCUT2D eigenvalue weighted by Gasteiger charge is 2.15. The summed E-state index contributed by atoms with van der Waals surface area (Å²) in [5.41, 5.74) is 1.98. The van der Waals surface area contributed by atoms with Crippen LogP contribution in [0.5, 0.6) is 0 Å². The van der Waals surface area contributed by atoms with E-state index in [0.29, 0.717) is 13.1 Å². The molecule has 2 N–H and O–H groups in total. The molecule has 0 saturated carbocycles. The molecule has 2 rings (SSSR count). The van der Waals surface area contributed by atoms with Crippen molar-refractivity contribution in [3.8, 4) is 0 Å². The molecule has 142 valence electrons. The van der Waals surface area contributed by atoms with Gasteiger partial charge in [0, 0.05) is 18.0 Å². The van der Waals surface area contributed by atoms with Gasteiger partial charge in [-0.25, -0.2) is 14.4 Å². The summed E-state index contributed by atoms with van der Waals surface area (Å²) < 4.78 is 13.6. The van der Waals surface area contributed by atoms with E-state index in [9.17, 15) is 4.39 Å². The molecule has 0 aliphatic heterocycles. The molecule has 0 aliphatic rings. The van der Waals surface area contributed by atoms with Crippen LogP contribution in [0.4, 0.5) is 4.39 Å². The third kappa shape index (κ3) is 5.78. The van der Waals surface area contributed by atoms with Gasteiger partial charge in [0.2, 0.25) is 0 Å². The first-order valence-corrected chi connectivity index (χ1v) is 9.59. The minimum absolute atomic E-state index is 0.0435. The van der Waals surface area contributed by atoms with Crippen LogP contribution in [0.2, 0.25) is 0 Å². The van der Waals surface area contributed by atoms with Gasteiger partial charge in [0.05, 0.1) is 23.3 Å². The number of aliphatic imine (C=N–C) groups is 1. The van der Waals surface area contributed by atoms with E-state index >= 15 is 0 Å². The van der Waals surface area contributed by atoms with Crippen LogP contribution in [0.25, 0.3) is 0 Å². The molecule has 1 aromatic carbocycles. The normalized spacial score (nSPS) is 13.1. The maximum Gasteiger partial charge on any atom is 0.191 e. The lowest BCUT2D eigenvalue weighted by molar-refractivity contribution is 0.297. The third-order valence-electron chi connectivity index (χ3n) is 4.04. The summed E-state index contributed by atoms with van der Waals surface area (Å²) in [6, 6.07) is 6.79. The van der Waals surface area contributed by atoms with Gasteiger partial charge in [0.1, 0.15) is 5.82 Å². The third-order valence-corrected chi connectivity index (χ3v) is 5.10. The van der Waals surface area contributed by atoms with Crippen LogP contribution < -0.4 is 10.6 Å². The Morgan fingerprint density at radius 1 is 1.31 bits per heavy atom. The van der Waals surface area contributed by atoms with Crippen molar-refractivity contribution in [2.45, 2.75) is 33.4 Å². The SMILES string of the molecule is CCNC(=NCc1sc(C)nc1C)NCC(c1cccc(F)c1)N(C)C. The van der Waals surface area contributed by atoms with Crippen molar-refractivity contribution in [3.63, 3.8) is 0 Å². The Morgan fingerprint density at radius 3 is 2.65 bits per heavy atom. The minimum atomic E-state index is -0.217. The Kier molecular flexibility index (Phi) is 7.53. The fraction of sp³-hybridized carbons (Fsp3) is 0.474. The van der Waals surface area contributed by atoms with Crippen LogP contribution in [0.3, 0.4) is 0 Å². The van der Waals surface area contributed by atoms with Crippen molar-refractivity contribution in [2.24, 2.45) is 4.99 Å². The number of likely N-dealkylation sites (N-methyl/N-ethyl adjacent to an activating group) is 1. The predicted octanol–water partition coefficient (Wildman–Crippen LogP) is 3.26. The van der Waals surface area contributed by atoms with Crippen LogP contribution in [0.15, 0.2) is 29.3 Å². The van der Waals surface area contributed by atoms with E-state index in [4.69, 9.17) is 0 Å². The molecule has 1 heterocycles. The molecule has 0 saturated heterocycles. The van der Waals surface area contributed by atoms with E-state index in [1.807, 2.05) is 40.9 Å². The fourth-order valence-electron chi connectivity index (χ4n) is 2.72. The smallest absolute Gasteiger partial charge is 0.191 e. The van der Waals surface area contributed by atoms with Crippen molar-refractivity contribution in [1.82, 2.24) is 20.5 Å². The summed E-state index contributed by atoms with van der Waals surface area (Å²) in [7, 11) is 3.98. The quantitative estimate of drug-likeness (QED) is 0.574. The Morgan fingerprint density at radius 2 is 2.08 bits per heavy atom. The second kappa shape index (κ2) is 9.64. The van der Waals surface area contributed by atoms with Gasteiger partial charge < -0.3 is 15.5 Å². The summed E-state index contributed by atoms with van der Waals surface area (Å²) in [6.07, 6.45) is 0.